The molecule has 192 valence electrons. The number of ether oxygens (including phenoxy) is 1. The van der Waals surface area contributed by atoms with Gasteiger partial charge in [-0.2, -0.15) is 0 Å². The summed E-state index contributed by atoms with van der Waals surface area (Å²) in [6.45, 7) is 3.44. The lowest BCUT2D eigenvalue weighted by Crippen LogP contribution is -2.53. The molecule has 1 saturated heterocycles. The van der Waals surface area contributed by atoms with Crippen molar-refractivity contribution < 1.29 is 9.84 Å². The van der Waals surface area contributed by atoms with Crippen LogP contribution >= 0.6 is 12.2 Å². The van der Waals surface area contributed by atoms with Crippen LogP contribution in [-0.4, -0.2) is 61.6 Å². The molecule has 0 bridgehead atoms. The smallest absolute Gasteiger partial charge is 0.169 e. The molecule has 1 aromatic carbocycles. The molecule has 0 radical (unpaired) electrons. The van der Waals surface area contributed by atoms with E-state index >= 15 is 0 Å². The van der Waals surface area contributed by atoms with Gasteiger partial charge < -0.3 is 25.4 Å². The number of likely N-dealkylation sites (tertiary alicyclic amines) is 1. The monoisotopic (exact) mass is 489 g/mol. The molecule has 2 aliphatic rings. The molecule has 1 aromatic rings. The highest BCUT2D eigenvalue weighted by Crippen LogP contribution is 2.39. The number of hydrogen-bond acceptors (Lipinski definition) is 4. The Morgan fingerprint density at radius 1 is 1.15 bits per heavy atom. The second-order valence-corrected chi connectivity index (χ2v) is 10.9. The average molecular weight is 490 g/mol. The molecule has 0 unspecified atom stereocenters. The third-order valence-corrected chi connectivity index (χ3v) is 8.31. The number of benzene rings is 1. The molecule has 0 spiro atoms. The van der Waals surface area contributed by atoms with E-state index in [0.29, 0.717) is 6.04 Å². The van der Waals surface area contributed by atoms with Crippen LogP contribution < -0.4 is 10.6 Å². The quantitative estimate of drug-likeness (QED) is 0.289. The normalized spacial score (nSPS) is 22.2. The zero-order valence-corrected chi connectivity index (χ0v) is 22.3. The van der Waals surface area contributed by atoms with Gasteiger partial charge in [0.1, 0.15) is 0 Å². The topological polar surface area (TPSA) is 56.8 Å². The first-order valence-corrected chi connectivity index (χ1v) is 13.9. The molecular formula is C28H47N3O2S. The van der Waals surface area contributed by atoms with Gasteiger partial charge in [-0.25, -0.2) is 0 Å². The third-order valence-electron chi connectivity index (χ3n) is 7.93. The van der Waals surface area contributed by atoms with E-state index in [0.717, 1.165) is 74.9 Å². The Morgan fingerprint density at radius 2 is 1.91 bits per heavy atom. The lowest BCUT2D eigenvalue weighted by Gasteiger charge is -2.44. The Hall–Kier alpha value is -1.21. The lowest BCUT2D eigenvalue weighted by atomic mass is 9.74. The van der Waals surface area contributed by atoms with Crippen molar-refractivity contribution >= 4 is 17.3 Å². The molecule has 0 aromatic heterocycles. The van der Waals surface area contributed by atoms with Gasteiger partial charge in [-0.05, 0) is 69.3 Å². The third kappa shape index (κ3) is 7.91. The van der Waals surface area contributed by atoms with Gasteiger partial charge in [0.05, 0.1) is 5.60 Å². The Morgan fingerprint density at radius 3 is 2.62 bits per heavy atom. The summed E-state index contributed by atoms with van der Waals surface area (Å²) in [6.07, 6.45) is 12.8. The van der Waals surface area contributed by atoms with Crippen LogP contribution in [0.25, 0.3) is 0 Å². The number of thiocarbonyl (C=S) groups is 1. The minimum Gasteiger partial charge on any atom is -0.385 e. The molecule has 3 rings (SSSR count). The molecule has 3 atom stereocenters. The van der Waals surface area contributed by atoms with Crippen molar-refractivity contribution in [1.29, 1.82) is 0 Å². The van der Waals surface area contributed by atoms with E-state index in [1.165, 1.54) is 38.5 Å². The fraction of sp³-hybridized carbons (Fsp3) is 0.750. The molecule has 1 saturated carbocycles. The van der Waals surface area contributed by atoms with Gasteiger partial charge in [-0.3, -0.25) is 0 Å². The van der Waals surface area contributed by atoms with Crippen LogP contribution in [-0.2, 0) is 10.3 Å². The number of piperidine rings is 1. The summed E-state index contributed by atoms with van der Waals surface area (Å²) < 4.78 is 5.25. The standard InChI is InChI=1S/C28H47N3O2S/c1-29-21-26(20-23-12-5-3-6-13-23)30-27(34)31-18-11-16-25(22-31)28(32,17-9-10-19-33-2)24-14-7-4-8-15-24/h4,7-8,14-15,23,25-26,29,32H,3,5-6,9-13,16-22H2,1-2H3,(H,30,34)/t25-,26+,28-/m1/s1. The first-order chi connectivity index (χ1) is 16.6. The van der Waals surface area contributed by atoms with Crippen molar-refractivity contribution in [3.8, 4) is 0 Å². The fourth-order valence-electron chi connectivity index (χ4n) is 6.03. The SMILES string of the molecule is CNC[C@H](CC1CCCCC1)NC(=S)N1CCC[C@@H]([C@@](O)(CCCCOC)c2ccccc2)C1. The van der Waals surface area contributed by atoms with E-state index < -0.39 is 5.60 Å². The molecule has 1 aliphatic heterocycles. The molecule has 2 fully saturated rings. The van der Waals surface area contributed by atoms with Gasteiger partial charge in [-0.1, -0.05) is 62.4 Å². The minimum absolute atomic E-state index is 0.159. The number of hydrogen-bond donors (Lipinski definition) is 3. The highest BCUT2D eigenvalue weighted by molar-refractivity contribution is 7.80. The van der Waals surface area contributed by atoms with E-state index in [-0.39, 0.29) is 5.92 Å². The van der Waals surface area contributed by atoms with Gasteiger partial charge in [-0.15, -0.1) is 0 Å². The molecule has 34 heavy (non-hydrogen) atoms. The maximum atomic E-state index is 12.0. The van der Waals surface area contributed by atoms with E-state index in [9.17, 15) is 5.11 Å². The maximum absolute atomic E-state index is 12.0. The largest absolute Gasteiger partial charge is 0.385 e. The van der Waals surface area contributed by atoms with Gasteiger partial charge in [0.25, 0.3) is 0 Å². The summed E-state index contributed by atoms with van der Waals surface area (Å²) >= 11 is 5.94. The molecule has 5 nitrogen and oxygen atoms in total. The summed E-state index contributed by atoms with van der Waals surface area (Å²) in [6, 6.07) is 10.6. The van der Waals surface area contributed by atoms with E-state index in [4.69, 9.17) is 17.0 Å². The summed E-state index contributed by atoms with van der Waals surface area (Å²) in [7, 11) is 3.77. The molecule has 1 heterocycles. The fourth-order valence-corrected chi connectivity index (χ4v) is 6.37. The first-order valence-electron chi connectivity index (χ1n) is 13.5. The molecule has 1 aliphatic carbocycles. The highest BCUT2D eigenvalue weighted by atomic mass is 32.1. The van der Waals surface area contributed by atoms with Crippen LogP contribution in [0.3, 0.4) is 0 Å². The van der Waals surface area contributed by atoms with Crippen LogP contribution in [0.4, 0.5) is 0 Å². The number of rotatable bonds is 12. The van der Waals surface area contributed by atoms with Crippen LogP contribution in [0.2, 0.25) is 0 Å². The van der Waals surface area contributed by atoms with E-state index in [1.54, 1.807) is 7.11 Å². The Kier molecular flexibility index (Phi) is 11.6. The van der Waals surface area contributed by atoms with Crippen molar-refractivity contribution in [2.45, 2.75) is 82.3 Å². The van der Waals surface area contributed by atoms with Crippen LogP contribution in [0, 0.1) is 11.8 Å². The predicted octanol–water partition coefficient (Wildman–Crippen LogP) is 4.84. The number of likely N-dealkylation sites (N-methyl/N-ethyl adjacent to an activating group) is 1. The van der Waals surface area contributed by atoms with Crippen molar-refractivity contribution in [2.75, 3.05) is 40.4 Å². The predicted molar refractivity (Wildman–Crippen MR) is 145 cm³/mol. The Labute approximate surface area is 213 Å². The summed E-state index contributed by atoms with van der Waals surface area (Å²) in [5.74, 6) is 0.971. The van der Waals surface area contributed by atoms with Crippen LogP contribution in [0.15, 0.2) is 30.3 Å². The van der Waals surface area contributed by atoms with Gasteiger partial charge in [0.2, 0.25) is 0 Å². The average Bonchev–Trinajstić information content (AvgIpc) is 2.88. The molecule has 6 heteroatoms. The summed E-state index contributed by atoms with van der Waals surface area (Å²) in [4.78, 5) is 2.32. The number of nitrogens with one attached hydrogen (secondary N) is 2. The molecule has 0 amide bonds. The van der Waals surface area contributed by atoms with Gasteiger partial charge in [0.15, 0.2) is 5.11 Å². The van der Waals surface area contributed by atoms with Gasteiger partial charge >= 0.3 is 0 Å². The summed E-state index contributed by atoms with van der Waals surface area (Å²) in [5, 5.41) is 20.0. The number of methoxy groups -OCH3 is 1. The Bertz CT molecular complexity index is 713. The zero-order chi connectivity index (χ0) is 24.2. The first kappa shape index (κ1) is 27.4. The number of unbranched alkanes of at least 4 members (excludes halogenated alkanes) is 1. The number of aliphatic hydroxyl groups is 1. The van der Waals surface area contributed by atoms with Crippen molar-refractivity contribution in [3.05, 3.63) is 35.9 Å². The minimum atomic E-state index is -0.838. The van der Waals surface area contributed by atoms with Crippen molar-refractivity contribution in [3.63, 3.8) is 0 Å². The highest BCUT2D eigenvalue weighted by Gasteiger charge is 2.40. The summed E-state index contributed by atoms with van der Waals surface area (Å²) in [5.41, 5.74) is 0.193. The maximum Gasteiger partial charge on any atom is 0.169 e. The molecule has 3 N–H and O–H groups in total. The lowest BCUT2D eigenvalue weighted by molar-refractivity contribution is -0.0540. The van der Waals surface area contributed by atoms with Crippen molar-refractivity contribution in [1.82, 2.24) is 15.5 Å². The second kappa shape index (κ2) is 14.4. The Balaban J connectivity index is 1.64. The number of nitrogens with zero attached hydrogens (tertiary/aromatic N) is 1. The second-order valence-electron chi connectivity index (χ2n) is 10.5. The van der Waals surface area contributed by atoms with Crippen molar-refractivity contribution in [2.24, 2.45) is 11.8 Å². The van der Waals surface area contributed by atoms with E-state index in [2.05, 4.69) is 27.7 Å². The van der Waals surface area contributed by atoms with Crippen LogP contribution in [0.5, 0.6) is 0 Å². The van der Waals surface area contributed by atoms with E-state index in [1.807, 2.05) is 25.2 Å². The zero-order valence-electron chi connectivity index (χ0n) is 21.4. The molecular weight excluding hydrogens is 442 g/mol. The van der Waals surface area contributed by atoms with Gasteiger partial charge in [0, 0.05) is 45.3 Å². The van der Waals surface area contributed by atoms with Crippen LogP contribution in [0.1, 0.15) is 76.2 Å².